The minimum atomic E-state index is -0.257. The number of nitrogens with one attached hydrogen (secondary N) is 1. The van der Waals surface area contributed by atoms with E-state index in [-0.39, 0.29) is 5.56 Å². The van der Waals surface area contributed by atoms with Crippen LogP contribution in [0, 0.1) is 0 Å². The number of nitrogens with two attached hydrogens (primary N) is 1. The van der Waals surface area contributed by atoms with E-state index >= 15 is 0 Å². The predicted octanol–water partition coefficient (Wildman–Crippen LogP) is 5.81. The molecule has 0 saturated heterocycles. The Balaban J connectivity index is 2.08. The zero-order valence-corrected chi connectivity index (χ0v) is 17.5. The number of nitrogen functional groups attached to an aromatic ring is 1. The number of fused-ring (bicyclic) bond motifs is 1. The summed E-state index contributed by atoms with van der Waals surface area (Å²) < 4.78 is 11.9. The van der Waals surface area contributed by atoms with Gasteiger partial charge in [0, 0.05) is 11.1 Å². The third-order valence-electron chi connectivity index (χ3n) is 4.94. The van der Waals surface area contributed by atoms with Crippen LogP contribution in [0.25, 0.3) is 10.9 Å². The van der Waals surface area contributed by atoms with Crippen molar-refractivity contribution in [2.75, 3.05) is 18.9 Å². The first-order valence-corrected chi connectivity index (χ1v) is 10.9. The van der Waals surface area contributed by atoms with Gasteiger partial charge >= 0.3 is 0 Å². The Morgan fingerprint density at radius 1 is 0.821 bits per heavy atom. The Hall–Kier alpha value is -2.17. The maximum atomic E-state index is 12.6. The number of pyridine rings is 1. The molecule has 5 heteroatoms. The molecular formula is C23H36N2O3. The van der Waals surface area contributed by atoms with E-state index in [2.05, 4.69) is 18.8 Å². The second kappa shape index (κ2) is 12.3. The Morgan fingerprint density at radius 3 is 2.07 bits per heavy atom. The number of rotatable bonds is 14. The van der Waals surface area contributed by atoms with E-state index < -0.39 is 0 Å². The first kappa shape index (κ1) is 22.1. The van der Waals surface area contributed by atoms with Crippen LogP contribution in [0.5, 0.6) is 11.5 Å². The Morgan fingerprint density at radius 2 is 1.39 bits per heavy atom. The average molecular weight is 389 g/mol. The van der Waals surface area contributed by atoms with Crippen LogP contribution < -0.4 is 20.8 Å². The van der Waals surface area contributed by atoms with Gasteiger partial charge in [0.25, 0.3) is 5.56 Å². The monoisotopic (exact) mass is 388 g/mol. The summed E-state index contributed by atoms with van der Waals surface area (Å²) in [6.07, 6.45) is 11.5. The molecule has 156 valence electrons. The van der Waals surface area contributed by atoms with Gasteiger partial charge in [0.2, 0.25) is 5.75 Å². The van der Waals surface area contributed by atoms with Crippen molar-refractivity contribution in [3.63, 3.8) is 0 Å². The van der Waals surface area contributed by atoms with E-state index in [1.165, 1.54) is 38.5 Å². The van der Waals surface area contributed by atoms with Crippen LogP contribution in [0.1, 0.15) is 78.1 Å². The van der Waals surface area contributed by atoms with Crippen molar-refractivity contribution in [3.05, 3.63) is 28.6 Å². The van der Waals surface area contributed by atoms with Crippen LogP contribution >= 0.6 is 0 Å². The minimum Gasteiger partial charge on any atom is -0.489 e. The molecule has 0 spiro atoms. The van der Waals surface area contributed by atoms with Gasteiger partial charge in [-0.2, -0.15) is 0 Å². The van der Waals surface area contributed by atoms with E-state index in [1.807, 2.05) is 12.1 Å². The smallest absolute Gasteiger partial charge is 0.294 e. The van der Waals surface area contributed by atoms with Gasteiger partial charge in [-0.05, 0) is 31.0 Å². The summed E-state index contributed by atoms with van der Waals surface area (Å²) in [7, 11) is 0. The number of hydrogen-bond donors (Lipinski definition) is 2. The number of unbranched alkanes of at least 4 members (excludes halogenated alkanes) is 8. The molecule has 0 radical (unpaired) electrons. The second-order valence-electron chi connectivity index (χ2n) is 7.44. The first-order chi connectivity index (χ1) is 13.7. The molecule has 0 saturated carbocycles. The number of anilines is 1. The third-order valence-corrected chi connectivity index (χ3v) is 4.94. The van der Waals surface area contributed by atoms with Crippen LogP contribution in [0.15, 0.2) is 23.0 Å². The van der Waals surface area contributed by atoms with Crippen molar-refractivity contribution < 1.29 is 9.47 Å². The largest absolute Gasteiger partial charge is 0.489 e. The molecule has 0 aliphatic heterocycles. The Labute approximate surface area is 168 Å². The zero-order chi connectivity index (χ0) is 20.2. The minimum absolute atomic E-state index is 0.257. The number of hydrogen-bond acceptors (Lipinski definition) is 4. The third kappa shape index (κ3) is 6.77. The predicted molar refractivity (Wildman–Crippen MR) is 117 cm³/mol. The SMILES string of the molecule is CCCCCCCCOc1c(OCCCCCC)c2ccc(N)cc2[nH]c1=O. The van der Waals surface area contributed by atoms with Crippen LogP contribution in [0.2, 0.25) is 0 Å². The molecule has 0 fully saturated rings. The quantitative estimate of drug-likeness (QED) is 0.316. The van der Waals surface area contributed by atoms with Gasteiger partial charge in [0.1, 0.15) is 0 Å². The van der Waals surface area contributed by atoms with E-state index in [0.717, 1.165) is 31.1 Å². The van der Waals surface area contributed by atoms with Gasteiger partial charge in [-0.25, -0.2) is 0 Å². The fourth-order valence-corrected chi connectivity index (χ4v) is 3.30. The molecule has 1 aromatic carbocycles. The van der Waals surface area contributed by atoms with Crippen LogP contribution in [-0.2, 0) is 0 Å². The summed E-state index contributed by atoms with van der Waals surface area (Å²) in [6.45, 7) is 5.51. The molecular weight excluding hydrogens is 352 g/mol. The normalized spacial score (nSPS) is 11.1. The standard InChI is InChI=1S/C23H36N2O3/c1-3-5-7-9-10-12-16-28-22-21(27-15-11-8-6-4-2)19-14-13-18(24)17-20(19)25-23(22)26/h13-14,17H,3-12,15-16,24H2,1-2H3,(H,25,26). The van der Waals surface area contributed by atoms with Crippen LogP contribution in [0.4, 0.5) is 5.69 Å². The van der Waals surface area contributed by atoms with Crippen LogP contribution in [-0.4, -0.2) is 18.2 Å². The lowest BCUT2D eigenvalue weighted by Gasteiger charge is -2.15. The van der Waals surface area contributed by atoms with Crippen molar-refractivity contribution in [1.29, 1.82) is 0 Å². The second-order valence-corrected chi connectivity index (χ2v) is 7.44. The molecule has 1 aromatic heterocycles. The fraction of sp³-hybridized carbons (Fsp3) is 0.609. The van der Waals surface area contributed by atoms with Crippen molar-refractivity contribution in [3.8, 4) is 11.5 Å². The van der Waals surface area contributed by atoms with Gasteiger partial charge in [0.15, 0.2) is 5.75 Å². The summed E-state index contributed by atoms with van der Waals surface area (Å²) >= 11 is 0. The van der Waals surface area contributed by atoms with Crippen molar-refractivity contribution in [2.45, 2.75) is 78.1 Å². The molecule has 1 heterocycles. The Bertz CT molecular complexity index is 770. The maximum Gasteiger partial charge on any atom is 0.294 e. The van der Waals surface area contributed by atoms with Gasteiger partial charge < -0.3 is 20.2 Å². The highest BCUT2D eigenvalue weighted by molar-refractivity contribution is 5.89. The lowest BCUT2D eigenvalue weighted by Crippen LogP contribution is -2.15. The van der Waals surface area contributed by atoms with E-state index in [1.54, 1.807) is 6.07 Å². The van der Waals surface area contributed by atoms with Crippen molar-refractivity contribution >= 4 is 16.6 Å². The molecule has 0 bridgehead atoms. The lowest BCUT2D eigenvalue weighted by atomic mass is 10.1. The number of aromatic amines is 1. The lowest BCUT2D eigenvalue weighted by molar-refractivity contribution is 0.258. The summed E-state index contributed by atoms with van der Waals surface area (Å²) in [5.41, 5.74) is 6.90. The molecule has 0 unspecified atom stereocenters. The fourth-order valence-electron chi connectivity index (χ4n) is 3.30. The number of benzene rings is 1. The topological polar surface area (TPSA) is 77.3 Å². The summed E-state index contributed by atoms with van der Waals surface area (Å²) in [5, 5.41) is 0.835. The number of aromatic nitrogens is 1. The zero-order valence-electron chi connectivity index (χ0n) is 17.5. The van der Waals surface area contributed by atoms with Gasteiger partial charge in [0.05, 0.1) is 18.7 Å². The van der Waals surface area contributed by atoms with E-state index in [9.17, 15) is 4.79 Å². The maximum absolute atomic E-state index is 12.6. The number of ether oxygens (including phenoxy) is 2. The highest BCUT2D eigenvalue weighted by Crippen LogP contribution is 2.33. The molecule has 2 rings (SSSR count). The summed E-state index contributed by atoms with van der Waals surface area (Å²) in [4.78, 5) is 15.5. The van der Waals surface area contributed by atoms with Crippen LogP contribution in [0.3, 0.4) is 0 Å². The summed E-state index contributed by atoms with van der Waals surface area (Å²) in [5.74, 6) is 0.836. The van der Waals surface area contributed by atoms with Gasteiger partial charge in [-0.3, -0.25) is 4.79 Å². The number of H-pyrrole nitrogens is 1. The molecule has 0 amide bonds. The highest BCUT2D eigenvalue weighted by atomic mass is 16.5. The molecule has 0 atom stereocenters. The molecule has 2 aromatic rings. The van der Waals surface area contributed by atoms with Gasteiger partial charge in [-0.15, -0.1) is 0 Å². The summed E-state index contributed by atoms with van der Waals surface area (Å²) in [6, 6.07) is 5.47. The molecule has 5 nitrogen and oxygen atoms in total. The van der Waals surface area contributed by atoms with E-state index in [0.29, 0.717) is 35.9 Å². The Kier molecular flexibility index (Phi) is 9.73. The van der Waals surface area contributed by atoms with E-state index in [4.69, 9.17) is 15.2 Å². The van der Waals surface area contributed by atoms with Gasteiger partial charge in [-0.1, -0.05) is 65.2 Å². The van der Waals surface area contributed by atoms with Crippen molar-refractivity contribution in [1.82, 2.24) is 4.98 Å². The molecule has 0 aliphatic rings. The molecule has 3 N–H and O–H groups in total. The average Bonchev–Trinajstić information content (AvgIpc) is 2.68. The first-order valence-electron chi connectivity index (χ1n) is 10.9. The molecule has 0 aliphatic carbocycles. The van der Waals surface area contributed by atoms with Crippen molar-refractivity contribution in [2.24, 2.45) is 0 Å². The highest BCUT2D eigenvalue weighted by Gasteiger charge is 2.16. The molecule has 28 heavy (non-hydrogen) atoms.